The fourth-order valence-electron chi connectivity index (χ4n) is 10.4. The lowest BCUT2D eigenvalue weighted by molar-refractivity contribution is -0.192. The number of hydrogen-bond acceptors (Lipinski definition) is 8. The van der Waals surface area contributed by atoms with Crippen molar-refractivity contribution in [3.05, 3.63) is 206 Å². The SMILES string of the molecule is COCCc1cc2ccc3c(c2oc1=O)C1OC(=O)CC2CC(c4cccc(Cc5ccccc5)c4)C=CC2c2ccc(cc2)CCC(=C(C)C)C(=O)OC1C(C)(CCCc1ccccc1)O3. The van der Waals surface area contributed by atoms with Crippen LogP contribution in [0.5, 0.6) is 5.75 Å². The van der Waals surface area contributed by atoms with Crippen molar-refractivity contribution < 1.29 is 33.0 Å². The van der Waals surface area contributed by atoms with E-state index in [2.05, 4.69) is 97.1 Å². The van der Waals surface area contributed by atoms with E-state index in [-0.39, 0.29) is 29.8 Å². The standard InChI is InChI=1S/C59H60O8/c1-38(2)49-27-22-40-20-23-43(24-21-40)50-28-25-45(44-19-11-17-42(34-44)33-41-15-9-6-10-16-41)35-48(50)37-52(60)64-55-53-51(29-26-46-36-47(30-32-63-4)57(61)65-54(46)53)67-59(3,56(55)66-58(49)62)31-12-18-39-13-7-5-8-14-39/h5-11,13-17,19-21,23-26,28-29,34,36,45,48,50,55-56H,12,18,22,27,30-33,35,37H2,1-4H3. The number of esters is 2. The Morgan fingerprint density at radius 3 is 2.24 bits per heavy atom. The number of methoxy groups -OCH3 is 1. The number of carbonyl (C=O) groups is 2. The van der Waals surface area contributed by atoms with E-state index in [1.807, 2.05) is 57.2 Å². The zero-order valence-electron chi connectivity index (χ0n) is 39.0. The minimum atomic E-state index is -1.16. The average molecular weight is 897 g/mol. The van der Waals surface area contributed by atoms with Gasteiger partial charge in [0.2, 0.25) is 0 Å². The lowest BCUT2D eigenvalue weighted by Crippen LogP contribution is -2.54. The third-order valence-electron chi connectivity index (χ3n) is 14.1. The van der Waals surface area contributed by atoms with Crippen LogP contribution in [0.4, 0.5) is 0 Å². The highest BCUT2D eigenvalue weighted by Gasteiger charge is 2.53. The first-order valence-electron chi connectivity index (χ1n) is 23.8. The van der Waals surface area contributed by atoms with Crippen molar-refractivity contribution in [2.75, 3.05) is 13.7 Å². The lowest BCUT2D eigenvalue weighted by atomic mass is 9.72. The molecule has 67 heavy (non-hydrogen) atoms. The number of allylic oxidation sites excluding steroid dienone is 3. The molecule has 0 spiro atoms. The number of aryl methyl sites for hydroxylation is 2. The molecular weight excluding hydrogens is 837 g/mol. The Morgan fingerprint density at radius 2 is 1.49 bits per heavy atom. The molecule has 1 aromatic heterocycles. The van der Waals surface area contributed by atoms with E-state index < -0.39 is 35.4 Å². The van der Waals surface area contributed by atoms with Crippen LogP contribution in [0.25, 0.3) is 11.0 Å². The largest absolute Gasteiger partial charge is 0.483 e. The molecule has 4 aliphatic rings. The third-order valence-corrected chi connectivity index (χ3v) is 14.1. The van der Waals surface area contributed by atoms with Gasteiger partial charge in [0, 0.05) is 48.3 Å². The van der Waals surface area contributed by atoms with E-state index >= 15 is 4.79 Å². The highest BCUT2D eigenvalue weighted by Crippen LogP contribution is 2.50. The summed E-state index contributed by atoms with van der Waals surface area (Å²) in [4.78, 5) is 43.4. The molecule has 2 bridgehead atoms. The van der Waals surface area contributed by atoms with Crippen LogP contribution in [0, 0.1) is 5.92 Å². The van der Waals surface area contributed by atoms with Gasteiger partial charge in [0.15, 0.2) is 12.2 Å². The van der Waals surface area contributed by atoms with Gasteiger partial charge in [-0.3, -0.25) is 4.79 Å². The van der Waals surface area contributed by atoms with Gasteiger partial charge < -0.3 is 23.4 Å². The molecular formula is C59H60O8. The van der Waals surface area contributed by atoms with Crippen LogP contribution in [-0.2, 0) is 49.5 Å². The molecule has 0 N–H and O–H groups in total. The monoisotopic (exact) mass is 896 g/mol. The summed E-state index contributed by atoms with van der Waals surface area (Å²) in [6, 6.07) is 43.6. The molecule has 3 aliphatic heterocycles. The third kappa shape index (κ3) is 10.3. The molecule has 0 saturated carbocycles. The Kier molecular flexibility index (Phi) is 13.7. The van der Waals surface area contributed by atoms with E-state index in [9.17, 15) is 9.59 Å². The Labute approximate surface area is 393 Å². The summed E-state index contributed by atoms with van der Waals surface area (Å²) in [5.41, 5.74) is 7.92. The van der Waals surface area contributed by atoms with Gasteiger partial charge in [0.1, 0.15) is 16.9 Å². The van der Waals surface area contributed by atoms with Gasteiger partial charge in [-0.25, -0.2) is 9.59 Å². The normalized spacial score (nSPS) is 22.8. The van der Waals surface area contributed by atoms with Crippen molar-refractivity contribution in [2.24, 2.45) is 5.92 Å². The maximum absolute atomic E-state index is 15.0. The molecule has 6 aromatic rings. The molecule has 0 radical (unpaired) electrons. The van der Waals surface area contributed by atoms with Crippen LogP contribution in [0.2, 0.25) is 0 Å². The summed E-state index contributed by atoms with van der Waals surface area (Å²) in [5.74, 6) is -0.604. The van der Waals surface area contributed by atoms with Gasteiger partial charge in [-0.2, -0.15) is 0 Å². The highest BCUT2D eigenvalue weighted by atomic mass is 16.6. The van der Waals surface area contributed by atoms with Crippen LogP contribution < -0.4 is 10.4 Å². The molecule has 0 fully saturated rings. The molecule has 8 heteroatoms. The average Bonchev–Trinajstić information content (AvgIpc) is 3.32. The number of hydrogen-bond donors (Lipinski definition) is 0. The van der Waals surface area contributed by atoms with Gasteiger partial charge in [-0.1, -0.05) is 127 Å². The van der Waals surface area contributed by atoms with E-state index in [0.29, 0.717) is 66.5 Å². The first-order valence-corrected chi connectivity index (χ1v) is 23.8. The second-order valence-corrected chi connectivity index (χ2v) is 19.0. The molecule has 344 valence electrons. The van der Waals surface area contributed by atoms with E-state index in [1.54, 1.807) is 13.2 Å². The Morgan fingerprint density at radius 1 is 0.746 bits per heavy atom. The molecule has 0 amide bonds. The molecule has 4 heterocycles. The second kappa shape index (κ2) is 20.2. The predicted octanol–water partition coefficient (Wildman–Crippen LogP) is 12.1. The zero-order valence-corrected chi connectivity index (χ0v) is 39.0. The van der Waals surface area contributed by atoms with Gasteiger partial charge in [0.05, 0.1) is 12.2 Å². The highest BCUT2D eigenvalue weighted by molar-refractivity contribution is 5.90. The molecule has 8 nitrogen and oxygen atoms in total. The summed E-state index contributed by atoms with van der Waals surface area (Å²) in [7, 11) is 1.59. The summed E-state index contributed by atoms with van der Waals surface area (Å²) in [6.45, 7) is 6.13. The number of ether oxygens (including phenoxy) is 4. The summed E-state index contributed by atoms with van der Waals surface area (Å²) < 4.78 is 32.0. The Bertz CT molecular complexity index is 2840. The van der Waals surface area contributed by atoms with Crippen molar-refractivity contribution in [1.82, 2.24) is 0 Å². The second-order valence-electron chi connectivity index (χ2n) is 19.0. The van der Waals surface area contributed by atoms with Crippen LogP contribution in [-0.4, -0.2) is 37.4 Å². The van der Waals surface area contributed by atoms with Crippen molar-refractivity contribution in [3.63, 3.8) is 0 Å². The first kappa shape index (κ1) is 45.6. The van der Waals surface area contributed by atoms with Crippen molar-refractivity contribution in [1.29, 1.82) is 0 Å². The maximum atomic E-state index is 15.0. The molecule has 0 saturated heterocycles. The van der Waals surface area contributed by atoms with Crippen LogP contribution >= 0.6 is 0 Å². The van der Waals surface area contributed by atoms with Gasteiger partial charge in [-0.05, 0) is 123 Å². The molecule has 6 atom stereocenters. The minimum Gasteiger partial charge on any atom is -0.483 e. The summed E-state index contributed by atoms with van der Waals surface area (Å²) in [5, 5.41) is 0.636. The van der Waals surface area contributed by atoms with Crippen molar-refractivity contribution in [3.8, 4) is 5.75 Å². The van der Waals surface area contributed by atoms with E-state index in [1.165, 1.54) is 22.3 Å². The van der Waals surface area contributed by atoms with Crippen molar-refractivity contribution >= 4 is 22.9 Å². The van der Waals surface area contributed by atoms with Gasteiger partial charge in [0.25, 0.3) is 0 Å². The number of benzene rings is 5. The molecule has 10 rings (SSSR count). The topological polar surface area (TPSA) is 101 Å². The minimum absolute atomic E-state index is 0.0465. The maximum Gasteiger partial charge on any atom is 0.339 e. The first-order chi connectivity index (χ1) is 32.5. The number of rotatable bonds is 10. The van der Waals surface area contributed by atoms with Gasteiger partial charge in [-0.15, -0.1) is 0 Å². The number of fused-ring (bicyclic) bond motifs is 11. The molecule has 5 aromatic carbocycles. The van der Waals surface area contributed by atoms with E-state index in [4.69, 9.17) is 23.4 Å². The smallest absolute Gasteiger partial charge is 0.339 e. The van der Waals surface area contributed by atoms with Crippen molar-refractivity contribution in [2.45, 2.75) is 108 Å². The quantitative estimate of drug-likeness (QED) is 0.0580. The molecule has 6 unspecified atom stereocenters. The lowest BCUT2D eigenvalue weighted by Gasteiger charge is -2.45. The van der Waals surface area contributed by atoms with Crippen LogP contribution in [0.1, 0.15) is 115 Å². The van der Waals surface area contributed by atoms with Crippen LogP contribution in [0.15, 0.2) is 160 Å². The predicted molar refractivity (Wildman–Crippen MR) is 261 cm³/mol. The summed E-state index contributed by atoms with van der Waals surface area (Å²) >= 11 is 0. The van der Waals surface area contributed by atoms with Crippen LogP contribution in [0.3, 0.4) is 0 Å². The fraction of sp³-hybridized carbons (Fsp3) is 0.339. The zero-order chi connectivity index (χ0) is 46.5. The fourth-order valence-corrected chi connectivity index (χ4v) is 10.4. The Hall–Kier alpha value is -6.51. The summed E-state index contributed by atoms with van der Waals surface area (Å²) in [6.07, 6.45) is 7.37. The number of carbonyl (C=O) groups excluding carboxylic acids is 2. The van der Waals surface area contributed by atoms with E-state index in [0.717, 1.165) is 36.0 Å². The molecule has 1 aliphatic carbocycles. The van der Waals surface area contributed by atoms with Gasteiger partial charge >= 0.3 is 17.6 Å². The Balaban J connectivity index is 1.13.